The molecule has 1 aliphatic rings. The van der Waals surface area contributed by atoms with Gasteiger partial charge in [0.1, 0.15) is 18.5 Å². The van der Waals surface area contributed by atoms with Crippen molar-refractivity contribution in [3.05, 3.63) is 30.3 Å². The number of hydrogen-bond donors (Lipinski definition) is 1. The van der Waals surface area contributed by atoms with Gasteiger partial charge in [0.25, 0.3) is 0 Å². The monoisotopic (exact) mass is 266 g/mol. The van der Waals surface area contributed by atoms with Crippen LogP contribution in [-0.4, -0.2) is 36.3 Å². The number of rotatable bonds is 6. The van der Waals surface area contributed by atoms with Crippen molar-refractivity contribution in [2.45, 2.75) is 44.7 Å². The molecule has 0 saturated carbocycles. The highest BCUT2D eigenvalue weighted by molar-refractivity contribution is 5.20. The Hall–Kier alpha value is -1.10. The van der Waals surface area contributed by atoms with E-state index in [0.29, 0.717) is 13.0 Å². The van der Waals surface area contributed by atoms with Crippen LogP contribution in [0.15, 0.2) is 30.3 Å². The number of aliphatic hydroxyl groups excluding tert-OH is 1. The second kappa shape index (κ2) is 6.37. The van der Waals surface area contributed by atoms with Gasteiger partial charge in [-0.15, -0.1) is 0 Å². The maximum absolute atomic E-state index is 8.92. The summed E-state index contributed by atoms with van der Waals surface area (Å²) in [6, 6.07) is 9.67. The molecule has 1 fully saturated rings. The van der Waals surface area contributed by atoms with Gasteiger partial charge in [-0.05, 0) is 38.8 Å². The molecule has 1 saturated heterocycles. The average Bonchev–Trinajstić information content (AvgIpc) is 2.70. The van der Waals surface area contributed by atoms with Crippen LogP contribution in [-0.2, 0) is 9.47 Å². The summed E-state index contributed by atoms with van der Waals surface area (Å²) in [7, 11) is 0. The maximum atomic E-state index is 8.92. The molecule has 1 aliphatic heterocycles. The van der Waals surface area contributed by atoms with E-state index in [9.17, 15) is 0 Å². The van der Waals surface area contributed by atoms with Crippen LogP contribution in [0.25, 0.3) is 0 Å². The lowest BCUT2D eigenvalue weighted by molar-refractivity contribution is -0.149. The van der Waals surface area contributed by atoms with Crippen LogP contribution >= 0.6 is 0 Å². The van der Waals surface area contributed by atoms with Crippen LogP contribution in [0.1, 0.15) is 26.7 Å². The SMILES string of the molecule is CC1(C)O[C@@H](CCCO)[C@@H](COc2ccccc2)O1. The molecule has 106 valence electrons. The van der Waals surface area contributed by atoms with Crippen molar-refractivity contribution in [3.8, 4) is 5.75 Å². The van der Waals surface area contributed by atoms with Gasteiger partial charge >= 0.3 is 0 Å². The Labute approximate surface area is 114 Å². The van der Waals surface area contributed by atoms with Crippen molar-refractivity contribution in [3.63, 3.8) is 0 Å². The fraction of sp³-hybridized carbons (Fsp3) is 0.600. The molecule has 0 aliphatic carbocycles. The highest BCUT2D eigenvalue weighted by atomic mass is 16.8. The molecule has 1 aromatic rings. The zero-order valence-corrected chi connectivity index (χ0v) is 11.5. The molecule has 2 atom stereocenters. The van der Waals surface area contributed by atoms with Crippen molar-refractivity contribution in [1.82, 2.24) is 0 Å². The molecular weight excluding hydrogens is 244 g/mol. The first-order chi connectivity index (χ1) is 9.11. The Morgan fingerprint density at radius 1 is 1.16 bits per heavy atom. The molecule has 4 nitrogen and oxygen atoms in total. The number of ether oxygens (including phenoxy) is 3. The first kappa shape index (κ1) is 14.3. The summed E-state index contributed by atoms with van der Waals surface area (Å²) in [6.45, 7) is 4.44. The van der Waals surface area contributed by atoms with E-state index in [4.69, 9.17) is 19.3 Å². The van der Waals surface area contributed by atoms with E-state index in [1.807, 2.05) is 44.2 Å². The minimum Gasteiger partial charge on any atom is -0.491 e. The summed E-state index contributed by atoms with van der Waals surface area (Å²) in [6.07, 6.45) is 1.38. The molecule has 0 amide bonds. The van der Waals surface area contributed by atoms with Crippen molar-refractivity contribution in [2.75, 3.05) is 13.2 Å². The number of para-hydroxylation sites is 1. The largest absolute Gasteiger partial charge is 0.491 e. The van der Waals surface area contributed by atoms with Gasteiger partial charge in [0, 0.05) is 6.61 Å². The first-order valence-electron chi connectivity index (χ1n) is 6.75. The third-order valence-electron chi connectivity index (χ3n) is 3.09. The van der Waals surface area contributed by atoms with Crippen LogP contribution in [0.2, 0.25) is 0 Å². The van der Waals surface area contributed by atoms with E-state index in [1.165, 1.54) is 0 Å². The van der Waals surface area contributed by atoms with Gasteiger partial charge in [0.05, 0.1) is 6.10 Å². The molecular formula is C15H22O4. The highest BCUT2D eigenvalue weighted by Gasteiger charge is 2.41. The quantitative estimate of drug-likeness (QED) is 0.858. The Kier molecular flexibility index (Phi) is 4.80. The lowest BCUT2D eigenvalue weighted by atomic mass is 10.1. The van der Waals surface area contributed by atoms with Gasteiger partial charge in [0.2, 0.25) is 0 Å². The van der Waals surface area contributed by atoms with Crippen LogP contribution < -0.4 is 4.74 Å². The zero-order valence-electron chi connectivity index (χ0n) is 11.5. The Morgan fingerprint density at radius 3 is 2.53 bits per heavy atom. The molecule has 19 heavy (non-hydrogen) atoms. The lowest BCUT2D eigenvalue weighted by Crippen LogP contribution is -2.29. The third-order valence-corrected chi connectivity index (χ3v) is 3.09. The maximum Gasteiger partial charge on any atom is 0.163 e. The molecule has 0 bridgehead atoms. The molecule has 1 N–H and O–H groups in total. The number of aliphatic hydroxyl groups is 1. The van der Waals surface area contributed by atoms with Crippen molar-refractivity contribution in [1.29, 1.82) is 0 Å². The van der Waals surface area contributed by atoms with Gasteiger partial charge in [-0.2, -0.15) is 0 Å². The topological polar surface area (TPSA) is 47.9 Å². The van der Waals surface area contributed by atoms with Crippen LogP contribution in [0.4, 0.5) is 0 Å². The second-order valence-electron chi connectivity index (χ2n) is 5.20. The van der Waals surface area contributed by atoms with Crippen molar-refractivity contribution in [2.24, 2.45) is 0 Å². The Morgan fingerprint density at radius 2 is 1.84 bits per heavy atom. The first-order valence-corrected chi connectivity index (χ1v) is 6.75. The van der Waals surface area contributed by atoms with Crippen LogP contribution in [0.5, 0.6) is 5.75 Å². The summed E-state index contributed by atoms with van der Waals surface area (Å²) in [5.41, 5.74) is 0. The normalized spacial score (nSPS) is 25.4. The van der Waals surface area contributed by atoms with E-state index in [1.54, 1.807) is 0 Å². The van der Waals surface area contributed by atoms with Gasteiger partial charge in [-0.3, -0.25) is 0 Å². The molecule has 1 aromatic carbocycles. The molecule has 2 rings (SSSR count). The summed E-state index contributed by atoms with van der Waals surface area (Å²) in [5, 5.41) is 8.92. The van der Waals surface area contributed by atoms with Gasteiger partial charge in [-0.25, -0.2) is 0 Å². The van der Waals surface area contributed by atoms with E-state index >= 15 is 0 Å². The molecule has 0 radical (unpaired) electrons. The van der Waals surface area contributed by atoms with Crippen LogP contribution in [0, 0.1) is 0 Å². The number of hydrogen-bond acceptors (Lipinski definition) is 4. The molecule has 4 heteroatoms. The predicted molar refractivity (Wildman–Crippen MR) is 72.1 cm³/mol. The molecule has 0 aromatic heterocycles. The average molecular weight is 266 g/mol. The summed E-state index contributed by atoms with van der Waals surface area (Å²) >= 11 is 0. The minimum absolute atomic E-state index is 0.0223. The van der Waals surface area contributed by atoms with E-state index in [0.717, 1.165) is 12.2 Å². The minimum atomic E-state index is -0.579. The molecule has 0 unspecified atom stereocenters. The fourth-order valence-corrected chi connectivity index (χ4v) is 2.28. The third kappa shape index (κ3) is 4.20. The molecule has 0 spiro atoms. The van der Waals surface area contributed by atoms with E-state index in [2.05, 4.69) is 0 Å². The van der Waals surface area contributed by atoms with Gasteiger partial charge in [0.15, 0.2) is 5.79 Å². The van der Waals surface area contributed by atoms with Gasteiger partial charge < -0.3 is 19.3 Å². The van der Waals surface area contributed by atoms with Crippen molar-refractivity contribution >= 4 is 0 Å². The predicted octanol–water partition coefficient (Wildman–Crippen LogP) is 2.36. The summed E-state index contributed by atoms with van der Waals surface area (Å²) in [4.78, 5) is 0. The smallest absolute Gasteiger partial charge is 0.163 e. The lowest BCUT2D eigenvalue weighted by Gasteiger charge is -2.17. The highest BCUT2D eigenvalue weighted by Crippen LogP contribution is 2.30. The zero-order chi connectivity index (χ0) is 13.7. The summed E-state index contributed by atoms with van der Waals surface area (Å²) < 4.78 is 17.4. The standard InChI is InChI=1S/C15H22O4/c1-15(2)18-13(9-6-10-16)14(19-15)11-17-12-7-4-3-5-8-12/h3-5,7-8,13-14,16H,6,9-11H2,1-2H3/t13-,14+/m0/s1. The van der Waals surface area contributed by atoms with E-state index < -0.39 is 5.79 Å². The number of benzene rings is 1. The van der Waals surface area contributed by atoms with E-state index in [-0.39, 0.29) is 18.8 Å². The van der Waals surface area contributed by atoms with Crippen molar-refractivity contribution < 1.29 is 19.3 Å². The Balaban J connectivity index is 1.89. The van der Waals surface area contributed by atoms with Crippen LogP contribution in [0.3, 0.4) is 0 Å². The summed E-state index contributed by atoms with van der Waals surface area (Å²) in [5.74, 6) is 0.252. The van der Waals surface area contributed by atoms with Gasteiger partial charge in [-0.1, -0.05) is 18.2 Å². The molecule has 1 heterocycles. The Bertz CT molecular complexity index is 377. The second-order valence-corrected chi connectivity index (χ2v) is 5.20. The fourth-order valence-electron chi connectivity index (χ4n) is 2.28.